The molecule has 0 aliphatic heterocycles. The Morgan fingerprint density at radius 2 is 1.93 bits per heavy atom. The molecular weight excluding hydrogens is 192 g/mol. The summed E-state index contributed by atoms with van der Waals surface area (Å²) in [4.78, 5) is 10.6. The van der Waals surface area contributed by atoms with Crippen molar-refractivity contribution in [1.29, 1.82) is 0 Å². The number of aliphatic hydroxyl groups is 1. The molecule has 1 aromatic carbocycles. The van der Waals surface area contributed by atoms with Gasteiger partial charge < -0.3 is 10.2 Å². The van der Waals surface area contributed by atoms with Crippen molar-refractivity contribution >= 4 is 5.78 Å². The number of hydrogen-bond acceptors (Lipinski definition) is 3. The summed E-state index contributed by atoms with van der Waals surface area (Å²) in [6, 6.07) is 6.77. The highest BCUT2D eigenvalue weighted by Crippen LogP contribution is 2.12. The molecule has 3 nitrogen and oxygen atoms in total. The van der Waals surface area contributed by atoms with Crippen molar-refractivity contribution in [3.8, 4) is 5.75 Å². The lowest BCUT2D eigenvalue weighted by molar-refractivity contribution is -0.112. The maximum absolute atomic E-state index is 10.6. The Morgan fingerprint density at radius 1 is 1.33 bits per heavy atom. The van der Waals surface area contributed by atoms with Crippen LogP contribution >= 0.6 is 0 Å². The molecule has 0 atom stereocenters. The first-order chi connectivity index (χ1) is 7.08. The van der Waals surface area contributed by atoms with Gasteiger partial charge in [0.05, 0.1) is 5.76 Å². The predicted molar refractivity (Wildman–Crippen MR) is 57.8 cm³/mol. The van der Waals surface area contributed by atoms with E-state index in [1.54, 1.807) is 24.3 Å². The van der Waals surface area contributed by atoms with Gasteiger partial charge in [0.1, 0.15) is 5.75 Å². The minimum Gasteiger partial charge on any atom is -0.512 e. The van der Waals surface area contributed by atoms with Crippen molar-refractivity contribution in [2.75, 3.05) is 0 Å². The molecule has 0 saturated carbocycles. The number of allylic oxidation sites excluding steroid dienone is 2. The van der Waals surface area contributed by atoms with Crippen LogP contribution in [0.1, 0.15) is 18.9 Å². The van der Waals surface area contributed by atoms with E-state index in [2.05, 4.69) is 0 Å². The molecule has 0 unspecified atom stereocenters. The average molecular weight is 206 g/mol. The quantitative estimate of drug-likeness (QED) is 0.587. The number of phenolic OH excluding ortho intramolecular Hbond substituents is 1. The monoisotopic (exact) mass is 206 g/mol. The molecule has 0 amide bonds. The third-order valence-electron chi connectivity index (χ3n) is 1.98. The molecule has 1 aromatic rings. The van der Waals surface area contributed by atoms with Gasteiger partial charge >= 0.3 is 0 Å². The molecule has 0 aliphatic carbocycles. The van der Waals surface area contributed by atoms with E-state index >= 15 is 0 Å². The first-order valence-electron chi connectivity index (χ1n) is 4.76. The van der Waals surface area contributed by atoms with Crippen LogP contribution in [0.15, 0.2) is 36.1 Å². The van der Waals surface area contributed by atoms with Gasteiger partial charge in [0.25, 0.3) is 0 Å². The minimum atomic E-state index is -0.154. The van der Waals surface area contributed by atoms with Crippen LogP contribution in [0.3, 0.4) is 0 Å². The van der Waals surface area contributed by atoms with Gasteiger partial charge in [-0.2, -0.15) is 0 Å². The molecule has 0 fully saturated rings. The third-order valence-corrected chi connectivity index (χ3v) is 1.98. The van der Waals surface area contributed by atoms with Gasteiger partial charge in [0.2, 0.25) is 0 Å². The Bertz CT molecular complexity index is 363. The second kappa shape index (κ2) is 5.20. The number of benzene rings is 1. The first kappa shape index (κ1) is 11.3. The fourth-order valence-electron chi connectivity index (χ4n) is 1.24. The number of carbonyl (C=O) groups is 1. The van der Waals surface area contributed by atoms with Gasteiger partial charge in [0, 0.05) is 12.5 Å². The average Bonchev–Trinajstić information content (AvgIpc) is 2.16. The fourth-order valence-corrected chi connectivity index (χ4v) is 1.24. The van der Waals surface area contributed by atoms with Crippen molar-refractivity contribution < 1.29 is 15.0 Å². The second-order valence-electron chi connectivity index (χ2n) is 3.41. The van der Waals surface area contributed by atoms with Crippen LogP contribution < -0.4 is 0 Å². The third kappa shape index (κ3) is 4.31. The number of hydrogen-bond donors (Lipinski definition) is 2. The fraction of sp³-hybridized carbons (Fsp3) is 0.250. The topological polar surface area (TPSA) is 57.5 Å². The normalized spacial score (nSPS) is 11.4. The van der Waals surface area contributed by atoms with Gasteiger partial charge in [-0.3, -0.25) is 4.79 Å². The van der Waals surface area contributed by atoms with E-state index < -0.39 is 0 Å². The van der Waals surface area contributed by atoms with Crippen molar-refractivity contribution in [2.45, 2.75) is 19.8 Å². The second-order valence-corrected chi connectivity index (χ2v) is 3.41. The van der Waals surface area contributed by atoms with Crippen LogP contribution in [0.2, 0.25) is 0 Å². The Morgan fingerprint density at radius 3 is 2.47 bits per heavy atom. The summed E-state index contributed by atoms with van der Waals surface area (Å²) < 4.78 is 0. The number of ketones is 1. The number of carbonyl (C=O) groups excluding carboxylic acids is 1. The lowest BCUT2D eigenvalue weighted by Crippen LogP contribution is -1.91. The highest BCUT2D eigenvalue weighted by molar-refractivity contribution is 5.87. The molecule has 0 aliphatic rings. The highest BCUT2D eigenvalue weighted by Gasteiger charge is 1.98. The van der Waals surface area contributed by atoms with E-state index in [0.717, 1.165) is 5.56 Å². The van der Waals surface area contributed by atoms with Crippen LogP contribution in [0.5, 0.6) is 5.75 Å². The zero-order valence-electron chi connectivity index (χ0n) is 8.60. The molecule has 0 saturated heterocycles. The largest absolute Gasteiger partial charge is 0.512 e. The molecule has 3 heteroatoms. The molecule has 1 rings (SSSR count). The van der Waals surface area contributed by atoms with E-state index in [0.29, 0.717) is 12.8 Å². The molecule has 0 aromatic heterocycles. The molecule has 0 heterocycles. The summed E-state index contributed by atoms with van der Waals surface area (Å²) in [5.41, 5.74) is 1.01. The lowest BCUT2D eigenvalue weighted by Gasteiger charge is -2.01. The van der Waals surface area contributed by atoms with E-state index in [1.807, 2.05) is 0 Å². The van der Waals surface area contributed by atoms with Crippen LogP contribution in [-0.2, 0) is 11.2 Å². The molecule has 0 bridgehead atoms. The maximum atomic E-state index is 10.6. The zero-order chi connectivity index (χ0) is 11.3. The van der Waals surface area contributed by atoms with Crippen molar-refractivity contribution in [1.82, 2.24) is 0 Å². The summed E-state index contributed by atoms with van der Waals surface area (Å²) in [5, 5.41) is 18.4. The van der Waals surface area contributed by atoms with Gasteiger partial charge in [-0.15, -0.1) is 0 Å². The summed E-state index contributed by atoms with van der Waals surface area (Å²) in [7, 11) is 0. The lowest BCUT2D eigenvalue weighted by atomic mass is 10.1. The van der Waals surface area contributed by atoms with Crippen LogP contribution in [0.4, 0.5) is 0 Å². The predicted octanol–water partition coefficient (Wildman–Crippen LogP) is 2.36. The standard InChI is InChI=1S/C12H14O3/c1-9(13)8-12(15)7-4-10-2-5-11(14)6-3-10/h2-3,5-6,8,14-15H,4,7H2,1H3/b12-8-. The number of phenols is 1. The van der Waals surface area contributed by atoms with Crippen LogP contribution in [-0.4, -0.2) is 16.0 Å². The molecular formula is C12H14O3. The van der Waals surface area contributed by atoms with Crippen molar-refractivity contribution in [3.05, 3.63) is 41.7 Å². The van der Waals surface area contributed by atoms with Crippen molar-refractivity contribution in [3.63, 3.8) is 0 Å². The van der Waals surface area contributed by atoms with E-state index in [9.17, 15) is 9.90 Å². The molecule has 15 heavy (non-hydrogen) atoms. The Balaban J connectivity index is 2.50. The van der Waals surface area contributed by atoms with Crippen LogP contribution in [0.25, 0.3) is 0 Å². The SMILES string of the molecule is CC(=O)/C=C(\O)CCc1ccc(O)cc1. The molecule has 2 N–H and O–H groups in total. The maximum Gasteiger partial charge on any atom is 0.155 e. The van der Waals surface area contributed by atoms with E-state index in [-0.39, 0.29) is 17.3 Å². The minimum absolute atomic E-state index is 0.0931. The number of aliphatic hydroxyl groups excluding tert-OH is 1. The summed E-state index contributed by atoms with van der Waals surface area (Å²) >= 11 is 0. The molecule has 80 valence electrons. The van der Waals surface area contributed by atoms with Crippen LogP contribution in [0, 0.1) is 0 Å². The Kier molecular flexibility index (Phi) is 3.92. The van der Waals surface area contributed by atoms with Gasteiger partial charge in [-0.05, 0) is 31.0 Å². The zero-order valence-corrected chi connectivity index (χ0v) is 8.60. The summed E-state index contributed by atoms with van der Waals surface area (Å²) in [6.45, 7) is 1.40. The number of rotatable bonds is 4. The van der Waals surface area contributed by atoms with Crippen molar-refractivity contribution in [2.24, 2.45) is 0 Å². The van der Waals surface area contributed by atoms with E-state index in [1.165, 1.54) is 13.0 Å². The number of aryl methyl sites for hydroxylation is 1. The smallest absolute Gasteiger partial charge is 0.155 e. The van der Waals surface area contributed by atoms with Gasteiger partial charge in [-0.25, -0.2) is 0 Å². The van der Waals surface area contributed by atoms with Gasteiger partial charge in [-0.1, -0.05) is 12.1 Å². The Hall–Kier alpha value is -1.77. The first-order valence-corrected chi connectivity index (χ1v) is 4.76. The Labute approximate surface area is 88.7 Å². The summed E-state index contributed by atoms with van der Waals surface area (Å²) in [6.07, 6.45) is 2.31. The highest BCUT2D eigenvalue weighted by atomic mass is 16.3. The molecule has 0 spiro atoms. The number of aromatic hydroxyl groups is 1. The summed E-state index contributed by atoms with van der Waals surface area (Å²) in [5.74, 6) is 0.163. The van der Waals surface area contributed by atoms with E-state index in [4.69, 9.17) is 5.11 Å². The van der Waals surface area contributed by atoms with Gasteiger partial charge in [0.15, 0.2) is 5.78 Å². The molecule has 0 radical (unpaired) electrons.